The van der Waals surface area contributed by atoms with Gasteiger partial charge >= 0.3 is 5.97 Å². The Labute approximate surface area is 220 Å². The maximum absolute atomic E-state index is 14.8. The summed E-state index contributed by atoms with van der Waals surface area (Å²) in [6, 6.07) is 12.6. The summed E-state index contributed by atoms with van der Waals surface area (Å²) in [7, 11) is 0. The van der Waals surface area contributed by atoms with Gasteiger partial charge in [-0.15, -0.1) is 0 Å². The molecule has 0 atom stereocenters. The Morgan fingerprint density at radius 2 is 1.45 bits per heavy atom. The van der Waals surface area contributed by atoms with E-state index < -0.39 is 40.9 Å². The molecule has 7 heteroatoms. The highest BCUT2D eigenvalue weighted by atomic mass is 19.2. The third-order valence-electron chi connectivity index (χ3n) is 7.20. The molecule has 0 aromatic heterocycles. The minimum atomic E-state index is -1.22. The fourth-order valence-electron chi connectivity index (χ4n) is 4.91. The molecule has 202 valence electrons. The monoisotopic (exact) mass is 528 g/mol. The van der Waals surface area contributed by atoms with Gasteiger partial charge in [-0.05, 0) is 74.3 Å². The number of carbonyl (C=O) groups is 1. The summed E-state index contributed by atoms with van der Waals surface area (Å²) >= 11 is 0. The highest BCUT2D eigenvalue weighted by Gasteiger charge is 2.31. The largest absolute Gasteiger partial charge is 0.490 e. The van der Waals surface area contributed by atoms with E-state index in [1.165, 1.54) is 18.2 Å². The summed E-state index contributed by atoms with van der Waals surface area (Å²) in [5.41, 5.74) is 1.85. The summed E-state index contributed by atoms with van der Waals surface area (Å²) in [6.07, 6.45) is 4.34. The van der Waals surface area contributed by atoms with Crippen LogP contribution in [-0.4, -0.2) is 12.6 Å². The van der Waals surface area contributed by atoms with Crippen LogP contribution in [0.2, 0.25) is 0 Å². The molecule has 0 heterocycles. The normalized spacial score (nSPS) is 17.3. The topological polar surface area (TPSA) is 35.5 Å². The van der Waals surface area contributed by atoms with Crippen molar-refractivity contribution in [1.82, 2.24) is 0 Å². The van der Waals surface area contributed by atoms with Crippen molar-refractivity contribution in [2.75, 3.05) is 6.61 Å². The molecule has 0 N–H and O–H groups in total. The first-order valence-corrected chi connectivity index (χ1v) is 13.2. The summed E-state index contributed by atoms with van der Waals surface area (Å²) in [6.45, 7) is 4.27. The van der Waals surface area contributed by atoms with Crippen molar-refractivity contribution in [1.29, 1.82) is 0 Å². The van der Waals surface area contributed by atoms with Crippen LogP contribution in [0.4, 0.5) is 17.6 Å². The molecule has 1 aliphatic rings. The highest BCUT2D eigenvalue weighted by molar-refractivity contribution is 5.76. The predicted molar refractivity (Wildman–Crippen MR) is 138 cm³/mol. The van der Waals surface area contributed by atoms with Gasteiger partial charge in [0.05, 0.1) is 12.5 Å². The lowest BCUT2D eigenvalue weighted by molar-refractivity contribution is -0.140. The molecule has 38 heavy (non-hydrogen) atoms. The molecule has 3 aromatic carbocycles. The van der Waals surface area contributed by atoms with Crippen LogP contribution >= 0.6 is 0 Å². The lowest BCUT2D eigenvalue weighted by atomic mass is 9.78. The number of aryl methyl sites for hydroxylation is 1. The van der Waals surface area contributed by atoms with E-state index in [1.807, 2.05) is 13.8 Å². The number of rotatable bonds is 9. The number of unbranched alkanes of at least 4 members (excludes halogenated alkanes) is 2. The lowest BCUT2D eigenvalue weighted by Gasteiger charge is -2.28. The SMILES string of the molecule is CCCCCOc1ccc(C2CCC(C(=O)Oc3ccc(-c4ccc(C)cc4)c(F)c3F)CC2)c(F)c1F. The molecular weight excluding hydrogens is 496 g/mol. The summed E-state index contributed by atoms with van der Waals surface area (Å²) in [5.74, 6) is -6.24. The second-order valence-corrected chi connectivity index (χ2v) is 9.91. The molecule has 1 aliphatic carbocycles. The smallest absolute Gasteiger partial charge is 0.314 e. The van der Waals surface area contributed by atoms with Gasteiger partial charge < -0.3 is 9.47 Å². The van der Waals surface area contributed by atoms with E-state index in [0.29, 0.717) is 37.9 Å². The maximum Gasteiger partial charge on any atom is 0.314 e. The van der Waals surface area contributed by atoms with Crippen LogP contribution in [-0.2, 0) is 4.79 Å². The molecular formula is C31H32F4O3. The van der Waals surface area contributed by atoms with Crippen LogP contribution in [0, 0.1) is 36.1 Å². The molecule has 0 aliphatic heterocycles. The van der Waals surface area contributed by atoms with Crippen molar-refractivity contribution >= 4 is 5.97 Å². The van der Waals surface area contributed by atoms with Crippen LogP contribution < -0.4 is 9.47 Å². The molecule has 4 rings (SSSR count). The Kier molecular flexibility index (Phi) is 9.08. The Hall–Kier alpha value is -3.35. The lowest BCUT2D eigenvalue weighted by Crippen LogP contribution is -2.26. The average Bonchev–Trinajstić information content (AvgIpc) is 2.92. The highest BCUT2D eigenvalue weighted by Crippen LogP contribution is 2.39. The zero-order valence-corrected chi connectivity index (χ0v) is 21.7. The first-order valence-electron chi connectivity index (χ1n) is 13.2. The van der Waals surface area contributed by atoms with Crippen LogP contribution in [0.5, 0.6) is 11.5 Å². The van der Waals surface area contributed by atoms with Gasteiger partial charge in [0.2, 0.25) is 11.6 Å². The summed E-state index contributed by atoms with van der Waals surface area (Å²) in [5, 5.41) is 0. The molecule has 0 bridgehead atoms. The summed E-state index contributed by atoms with van der Waals surface area (Å²) < 4.78 is 69.4. The number of esters is 1. The van der Waals surface area contributed by atoms with Crippen molar-refractivity contribution in [3.8, 4) is 22.6 Å². The molecule has 3 nitrogen and oxygen atoms in total. The molecule has 0 radical (unpaired) electrons. The maximum atomic E-state index is 14.8. The van der Waals surface area contributed by atoms with Crippen molar-refractivity contribution < 1.29 is 31.8 Å². The molecule has 0 spiro atoms. The van der Waals surface area contributed by atoms with E-state index in [0.717, 1.165) is 24.8 Å². The molecule has 1 fully saturated rings. The van der Waals surface area contributed by atoms with E-state index in [2.05, 4.69) is 0 Å². The van der Waals surface area contributed by atoms with Gasteiger partial charge in [-0.1, -0.05) is 55.7 Å². The Bertz CT molecular complexity index is 1270. The van der Waals surface area contributed by atoms with Crippen molar-refractivity contribution in [2.24, 2.45) is 5.92 Å². The quantitative estimate of drug-likeness (QED) is 0.121. The Balaban J connectivity index is 1.36. The van der Waals surface area contributed by atoms with Crippen LogP contribution in [0.1, 0.15) is 68.9 Å². The number of ether oxygens (including phenoxy) is 2. The number of hydrogen-bond donors (Lipinski definition) is 0. The van der Waals surface area contributed by atoms with Crippen molar-refractivity contribution in [3.63, 3.8) is 0 Å². The Morgan fingerprint density at radius 1 is 0.789 bits per heavy atom. The van der Waals surface area contributed by atoms with Gasteiger partial charge in [-0.2, -0.15) is 8.78 Å². The van der Waals surface area contributed by atoms with Gasteiger partial charge in [0.1, 0.15) is 0 Å². The number of halogens is 4. The van der Waals surface area contributed by atoms with Crippen LogP contribution in [0.25, 0.3) is 11.1 Å². The van der Waals surface area contributed by atoms with E-state index in [9.17, 15) is 22.4 Å². The van der Waals surface area contributed by atoms with Gasteiger partial charge in [0.25, 0.3) is 0 Å². The van der Waals surface area contributed by atoms with Crippen LogP contribution in [0.15, 0.2) is 48.5 Å². The number of hydrogen-bond acceptors (Lipinski definition) is 3. The van der Waals surface area contributed by atoms with Gasteiger partial charge in [-0.25, -0.2) is 8.78 Å². The molecule has 3 aromatic rings. The van der Waals surface area contributed by atoms with Gasteiger partial charge in [0.15, 0.2) is 23.1 Å². The zero-order chi connectivity index (χ0) is 27.2. The van der Waals surface area contributed by atoms with E-state index in [4.69, 9.17) is 9.47 Å². The van der Waals surface area contributed by atoms with E-state index in [-0.39, 0.29) is 22.8 Å². The third kappa shape index (κ3) is 6.20. The molecule has 1 saturated carbocycles. The fraction of sp³-hybridized carbons (Fsp3) is 0.387. The minimum Gasteiger partial charge on any atom is -0.490 e. The average molecular weight is 529 g/mol. The zero-order valence-electron chi connectivity index (χ0n) is 21.7. The second kappa shape index (κ2) is 12.5. The first-order chi connectivity index (χ1) is 18.3. The fourth-order valence-corrected chi connectivity index (χ4v) is 4.91. The minimum absolute atomic E-state index is 0.0782. The van der Waals surface area contributed by atoms with E-state index in [1.54, 1.807) is 30.3 Å². The first kappa shape index (κ1) is 27.7. The molecule has 0 saturated heterocycles. The third-order valence-corrected chi connectivity index (χ3v) is 7.20. The number of carbonyl (C=O) groups excluding carboxylic acids is 1. The number of benzene rings is 3. The van der Waals surface area contributed by atoms with Gasteiger partial charge in [-0.3, -0.25) is 4.79 Å². The van der Waals surface area contributed by atoms with E-state index >= 15 is 0 Å². The van der Waals surface area contributed by atoms with Crippen LogP contribution in [0.3, 0.4) is 0 Å². The summed E-state index contributed by atoms with van der Waals surface area (Å²) in [4.78, 5) is 12.7. The van der Waals surface area contributed by atoms with Crippen molar-refractivity contribution in [3.05, 3.63) is 82.9 Å². The predicted octanol–water partition coefficient (Wildman–Crippen LogP) is 8.67. The Morgan fingerprint density at radius 3 is 2.13 bits per heavy atom. The molecule has 0 amide bonds. The second-order valence-electron chi connectivity index (χ2n) is 9.91. The van der Waals surface area contributed by atoms with Gasteiger partial charge in [0, 0.05) is 5.56 Å². The van der Waals surface area contributed by atoms with Crippen molar-refractivity contribution in [2.45, 2.75) is 64.7 Å². The molecule has 0 unspecified atom stereocenters. The standard InChI is InChI=1S/C31H32F4O3/c1-3-4-5-18-37-25-16-14-23(27(32)29(25)34)21-10-12-22(13-11-21)31(36)38-26-17-15-24(28(33)30(26)35)20-8-6-19(2)7-9-20/h6-9,14-17,21-22H,3-5,10-13,18H2,1-2H3.